The summed E-state index contributed by atoms with van der Waals surface area (Å²) in [6.07, 6.45) is 1.10. The normalized spacial score (nSPS) is 10.3. The van der Waals surface area contributed by atoms with Crippen LogP contribution in [-0.4, -0.2) is 17.4 Å². The second-order valence-electron chi connectivity index (χ2n) is 5.64. The molecule has 0 atom stereocenters. The molecule has 0 aromatic heterocycles. The van der Waals surface area contributed by atoms with Crippen molar-refractivity contribution < 1.29 is 0 Å². The number of nitrogens with one attached hydrogen (secondary N) is 2. The van der Waals surface area contributed by atoms with E-state index in [0.29, 0.717) is 5.11 Å². The van der Waals surface area contributed by atoms with Crippen LogP contribution in [0.15, 0.2) is 48.5 Å². The molecule has 0 fully saturated rings. The number of thiocarbonyl (C=S) groups is 1. The minimum absolute atomic E-state index is 0.692. The highest BCUT2D eigenvalue weighted by atomic mass is 32.2. The third-order valence-corrected chi connectivity index (χ3v) is 4.77. The quantitative estimate of drug-likeness (QED) is 0.550. The van der Waals surface area contributed by atoms with Gasteiger partial charge in [0.25, 0.3) is 0 Å². The molecule has 2 aromatic rings. The van der Waals surface area contributed by atoms with Gasteiger partial charge < -0.3 is 10.6 Å². The number of anilines is 1. The van der Waals surface area contributed by atoms with Crippen molar-refractivity contribution in [2.24, 2.45) is 0 Å². The van der Waals surface area contributed by atoms with Crippen LogP contribution in [0.25, 0.3) is 0 Å². The number of aryl methyl sites for hydroxylation is 2. The molecule has 2 aromatic carbocycles. The Morgan fingerprint density at radius 2 is 1.83 bits per heavy atom. The molecular formula is C19H24N2S2. The molecule has 0 saturated carbocycles. The highest BCUT2D eigenvalue weighted by Crippen LogP contribution is 2.14. The summed E-state index contributed by atoms with van der Waals surface area (Å²) in [6, 6.07) is 17.0. The minimum Gasteiger partial charge on any atom is -0.362 e. The molecule has 0 aliphatic rings. The van der Waals surface area contributed by atoms with Gasteiger partial charge in [0.15, 0.2) is 5.11 Å². The van der Waals surface area contributed by atoms with Gasteiger partial charge in [-0.1, -0.05) is 47.5 Å². The highest BCUT2D eigenvalue weighted by Gasteiger charge is 1.98. The summed E-state index contributed by atoms with van der Waals surface area (Å²) in [5, 5.41) is 7.16. The number of hydrogen-bond donors (Lipinski definition) is 2. The van der Waals surface area contributed by atoms with E-state index in [9.17, 15) is 0 Å². The second kappa shape index (κ2) is 9.58. The average molecular weight is 345 g/mol. The maximum atomic E-state index is 5.31. The zero-order valence-electron chi connectivity index (χ0n) is 13.8. The molecule has 2 N–H and O–H groups in total. The summed E-state index contributed by atoms with van der Waals surface area (Å²) >= 11 is 7.28. The lowest BCUT2D eigenvalue weighted by molar-refractivity contribution is 0.854. The Bertz CT molecular complexity index is 624. The number of hydrogen-bond acceptors (Lipinski definition) is 2. The number of benzene rings is 2. The SMILES string of the molecule is Cc1ccc(NC(=S)NCCCSCc2cccc(C)c2)cc1. The maximum Gasteiger partial charge on any atom is 0.170 e. The zero-order valence-corrected chi connectivity index (χ0v) is 15.4. The summed E-state index contributed by atoms with van der Waals surface area (Å²) in [5.41, 5.74) is 5.01. The molecule has 2 nitrogen and oxygen atoms in total. The van der Waals surface area contributed by atoms with Gasteiger partial charge in [-0.05, 0) is 55.9 Å². The second-order valence-corrected chi connectivity index (χ2v) is 7.16. The molecule has 0 aliphatic heterocycles. The summed E-state index contributed by atoms with van der Waals surface area (Å²) < 4.78 is 0. The van der Waals surface area contributed by atoms with Crippen LogP contribution < -0.4 is 10.6 Å². The van der Waals surface area contributed by atoms with E-state index >= 15 is 0 Å². The zero-order chi connectivity index (χ0) is 16.5. The summed E-state index contributed by atoms with van der Waals surface area (Å²) in [7, 11) is 0. The fourth-order valence-electron chi connectivity index (χ4n) is 2.18. The molecule has 4 heteroatoms. The molecule has 0 amide bonds. The fourth-order valence-corrected chi connectivity index (χ4v) is 3.31. The van der Waals surface area contributed by atoms with Crippen LogP contribution in [0.2, 0.25) is 0 Å². The molecular weight excluding hydrogens is 320 g/mol. The molecule has 0 bridgehead atoms. The van der Waals surface area contributed by atoms with E-state index in [1.807, 2.05) is 23.9 Å². The van der Waals surface area contributed by atoms with Crippen LogP contribution in [0.4, 0.5) is 5.69 Å². The third kappa shape index (κ3) is 7.06. The van der Waals surface area contributed by atoms with Gasteiger partial charge in [0.2, 0.25) is 0 Å². The Labute approximate surface area is 149 Å². The Kier molecular flexibility index (Phi) is 7.43. The Balaban J connectivity index is 1.56. The van der Waals surface area contributed by atoms with Gasteiger partial charge in [-0.25, -0.2) is 0 Å². The highest BCUT2D eigenvalue weighted by molar-refractivity contribution is 7.98. The molecule has 0 saturated heterocycles. The van der Waals surface area contributed by atoms with Gasteiger partial charge in [-0.15, -0.1) is 0 Å². The van der Waals surface area contributed by atoms with Crippen molar-refractivity contribution in [3.8, 4) is 0 Å². The molecule has 0 unspecified atom stereocenters. The Morgan fingerprint density at radius 1 is 1.04 bits per heavy atom. The van der Waals surface area contributed by atoms with Crippen LogP contribution >= 0.6 is 24.0 Å². The van der Waals surface area contributed by atoms with Crippen molar-refractivity contribution in [2.45, 2.75) is 26.0 Å². The van der Waals surface area contributed by atoms with E-state index in [0.717, 1.165) is 30.2 Å². The van der Waals surface area contributed by atoms with Gasteiger partial charge in [-0.2, -0.15) is 11.8 Å². The molecule has 23 heavy (non-hydrogen) atoms. The third-order valence-electron chi connectivity index (χ3n) is 3.41. The lowest BCUT2D eigenvalue weighted by atomic mass is 10.2. The predicted octanol–water partition coefficient (Wildman–Crippen LogP) is 4.91. The minimum atomic E-state index is 0.692. The van der Waals surface area contributed by atoms with Gasteiger partial charge in [0.05, 0.1) is 0 Å². The summed E-state index contributed by atoms with van der Waals surface area (Å²) in [4.78, 5) is 0. The van der Waals surface area contributed by atoms with Crippen molar-refractivity contribution in [3.05, 3.63) is 65.2 Å². The first kappa shape index (κ1) is 17.8. The first-order valence-electron chi connectivity index (χ1n) is 7.88. The van der Waals surface area contributed by atoms with E-state index in [1.54, 1.807) is 0 Å². The monoisotopic (exact) mass is 344 g/mol. The first-order chi connectivity index (χ1) is 11.1. The lowest BCUT2D eigenvalue weighted by Crippen LogP contribution is -2.29. The first-order valence-corrected chi connectivity index (χ1v) is 9.44. The Hall–Kier alpha value is -1.52. The van der Waals surface area contributed by atoms with Crippen LogP contribution in [-0.2, 0) is 5.75 Å². The van der Waals surface area contributed by atoms with E-state index in [4.69, 9.17) is 12.2 Å². The lowest BCUT2D eigenvalue weighted by Gasteiger charge is -2.10. The molecule has 0 radical (unpaired) electrons. The van der Waals surface area contributed by atoms with Crippen LogP contribution in [0.5, 0.6) is 0 Å². The van der Waals surface area contributed by atoms with Crippen molar-refractivity contribution in [1.82, 2.24) is 5.32 Å². The van der Waals surface area contributed by atoms with E-state index in [1.165, 1.54) is 16.7 Å². The van der Waals surface area contributed by atoms with Crippen LogP contribution in [0.3, 0.4) is 0 Å². The van der Waals surface area contributed by atoms with Crippen LogP contribution in [0.1, 0.15) is 23.1 Å². The van der Waals surface area contributed by atoms with Gasteiger partial charge >= 0.3 is 0 Å². The topological polar surface area (TPSA) is 24.1 Å². The largest absolute Gasteiger partial charge is 0.362 e. The fraction of sp³-hybridized carbons (Fsp3) is 0.316. The van der Waals surface area contributed by atoms with Gasteiger partial charge in [0.1, 0.15) is 0 Å². The standard InChI is InChI=1S/C19H24N2S2/c1-15-7-9-18(10-8-15)21-19(22)20-11-4-12-23-14-17-6-3-5-16(2)13-17/h3,5-10,13H,4,11-12,14H2,1-2H3,(H2,20,21,22). The average Bonchev–Trinajstić information content (AvgIpc) is 2.53. The molecule has 0 spiro atoms. The molecule has 122 valence electrons. The smallest absolute Gasteiger partial charge is 0.170 e. The molecule has 0 heterocycles. The maximum absolute atomic E-state index is 5.31. The summed E-state index contributed by atoms with van der Waals surface area (Å²) in [6.45, 7) is 5.12. The van der Waals surface area contributed by atoms with Crippen molar-refractivity contribution in [3.63, 3.8) is 0 Å². The Morgan fingerprint density at radius 3 is 2.57 bits per heavy atom. The summed E-state index contributed by atoms with van der Waals surface area (Å²) in [5.74, 6) is 2.21. The van der Waals surface area contributed by atoms with E-state index in [-0.39, 0.29) is 0 Å². The number of rotatable bonds is 7. The molecule has 0 aliphatic carbocycles. The van der Waals surface area contributed by atoms with Crippen molar-refractivity contribution in [2.75, 3.05) is 17.6 Å². The van der Waals surface area contributed by atoms with Crippen molar-refractivity contribution in [1.29, 1.82) is 0 Å². The van der Waals surface area contributed by atoms with E-state index < -0.39 is 0 Å². The number of thioether (sulfide) groups is 1. The van der Waals surface area contributed by atoms with Crippen LogP contribution in [0, 0.1) is 13.8 Å². The predicted molar refractivity (Wildman–Crippen MR) is 107 cm³/mol. The molecule has 2 rings (SSSR count). The van der Waals surface area contributed by atoms with Crippen molar-refractivity contribution >= 4 is 34.8 Å². The van der Waals surface area contributed by atoms with Gasteiger partial charge in [0, 0.05) is 18.0 Å². The van der Waals surface area contributed by atoms with E-state index in [2.05, 4.69) is 60.9 Å². The van der Waals surface area contributed by atoms with Gasteiger partial charge in [-0.3, -0.25) is 0 Å².